The first-order valence-corrected chi connectivity index (χ1v) is 11.8. The van der Waals surface area contributed by atoms with E-state index in [4.69, 9.17) is 10.00 Å². The fourth-order valence-corrected chi connectivity index (χ4v) is 6.71. The average Bonchev–Trinajstić information content (AvgIpc) is 3.46. The highest BCUT2D eigenvalue weighted by atomic mass is 32.1. The lowest BCUT2D eigenvalue weighted by Gasteiger charge is -2.34. The Bertz CT molecular complexity index is 909. The van der Waals surface area contributed by atoms with Gasteiger partial charge in [0, 0.05) is 10.9 Å². The number of hydrogen-bond donors (Lipinski definition) is 1. The van der Waals surface area contributed by atoms with Gasteiger partial charge in [0.1, 0.15) is 23.4 Å². The van der Waals surface area contributed by atoms with Gasteiger partial charge in [0.25, 0.3) is 0 Å². The topological polar surface area (TPSA) is 82.3 Å². The summed E-state index contributed by atoms with van der Waals surface area (Å²) in [4.78, 5) is 14.0. The molecule has 1 aliphatic heterocycles. The quantitative estimate of drug-likeness (QED) is 0.753. The minimum absolute atomic E-state index is 0.188. The maximum atomic E-state index is 9.87. The summed E-state index contributed by atoms with van der Waals surface area (Å²) in [5.41, 5.74) is 1.22. The molecule has 1 unspecified atom stereocenters. The third-order valence-electron chi connectivity index (χ3n) is 6.93. The molecule has 5 rings (SSSR count). The van der Waals surface area contributed by atoms with Gasteiger partial charge in [-0.1, -0.05) is 0 Å². The molecule has 7 heteroatoms. The number of aryl methyl sites for hydroxylation is 1. The SMILES string of the molecule is N#CC(O)C[C@H]1CCc2sc3ncnc(OC4CCC(N5CCCC5)CC4)c3c21. The van der Waals surface area contributed by atoms with Crippen LogP contribution in [0.2, 0.25) is 0 Å². The van der Waals surface area contributed by atoms with Crippen LogP contribution < -0.4 is 4.74 Å². The van der Waals surface area contributed by atoms with Gasteiger partial charge in [0.05, 0.1) is 11.5 Å². The van der Waals surface area contributed by atoms with E-state index in [2.05, 4.69) is 14.9 Å². The van der Waals surface area contributed by atoms with E-state index in [9.17, 15) is 5.11 Å². The number of nitriles is 1. The van der Waals surface area contributed by atoms with E-state index in [-0.39, 0.29) is 12.0 Å². The van der Waals surface area contributed by atoms with Crippen molar-refractivity contribution in [3.8, 4) is 11.9 Å². The maximum Gasteiger partial charge on any atom is 0.225 e. The number of aliphatic hydroxyl groups is 1. The van der Waals surface area contributed by atoms with Crippen LogP contribution in [-0.2, 0) is 6.42 Å². The summed E-state index contributed by atoms with van der Waals surface area (Å²) in [6, 6.07) is 2.69. The molecule has 1 saturated heterocycles. The molecule has 0 aromatic carbocycles. The highest BCUT2D eigenvalue weighted by Crippen LogP contribution is 2.47. The summed E-state index contributed by atoms with van der Waals surface area (Å²) in [5, 5.41) is 19.9. The number of likely N-dealkylation sites (tertiary alicyclic amines) is 1. The first-order valence-electron chi connectivity index (χ1n) is 11.0. The zero-order valence-electron chi connectivity index (χ0n) is 16.7. The summed E-state index contributed by atoms with van der Waals surface area (Å²) in [6.07, 6.45) is 10.6. The highest BCUT2D eigenvalue weighted by Gasteiger charge is 2.33. The molecule has 2 aromatic heterocycles. The minimum Gasteiger partial charge on any atom is -0.474 e. The van der Waals surface area contributed by atoms with Crippen molar-refractivity contribution in [3.05, 3.63) is 16.8 Å². The van der Waals surface area contributed by atoms with E-state index < -0.39 is 6.10 Å². The first-order chi connectivity index (χ1) is 14.2. The van der Waals surface area contributed by atoms with Gasteiger partial charge < -0.3 is 14.7 Å². The summed E-state index contributed by atoms with van der Waals surface area (Å²) in [5.74, 6) is 0.892. The van der Waals surface area contributed by atoms with E-state index in [0.29, 0.717) is 12.3 Å². The molecule has 2 aromatic rings. The Morgan fingerprint density at radius 1 is 1.21 bits per heavy atom. The largest absolute Gasteiger partial charge is 0.474 e. The molecule has 0 amide bonds. The van der Waals surface area contributed by atoms with Crippen molar-refractivity contribution < 1.29 is 9.84 Å². The van der Waals surface area contributed by atoms with Crippen LogP contribution in [0.3, 0.4) is 0 Å². The second kappa shape index (κ2) is 8.17. The van der Waals surface area contributed by atoms with Crippen molar-refractivity contribution in [1.82, 2.24) is 14.9 Å². The van der Waals surface area contributed by atoms with Crippen LogP contribution in [-0.4, -0.2) is 51.3 Å². The van der Waals surface area contributed by atoms with Crippen LogP contribution in [0.15, 0.2) is 6.33 Å². The van der Waals surface area contributed by atoms with Crippen molar-refractivity contribution in [2.45, 2.75) is 82.0 Å². The lowest BCUT2D eigenvalue weighted by atomic mass is 9.92. The van der Waals surface area contributed by atoms with Gasteiger partial charge in [0.2, 0.25) is 5.88 Å². The lowest BCUT2D eigenvalue weighted by Crippen LogP contribution is -2.38. The van der Waals surface area contributed by atoms with Crippen molar-refractivity contribution in [1.29, 1.82) is 5.26 Å². The van der Waals surface area contributed by atoms with Gasteiger partial charge in [-0.15, -0.1) is 11.3 Å². The lowest BCUT2D eigenvalue weighted by molar-refractivity contribution is 0.0978. The third-order valence-corrected chi connectivity index (χ3v) is 8.10. The van der Waals surface area contributed by atoms with E-state index in [0.717, 1.165) is 41.9 Å². The Kier molecular flexibility index (Phi) is 5.42. The van der Waals surface area contributed by atoms with Gasteiger partial charge in [-0.05, 0) is 82.4 Å². The molecular formula is C22H28N4O2S. The smallest absolute Gasteiger partial charge is 0.225 e. The predicted molar refractivity (Wildman–Crippen MR) is 112 cm³/mol. The van der Waals surface area contributed by atoms with Crippen LogP contribution in [0.1, 0.15) is 67.7 Å². The second-order valence-corrected chi connectivity index (χ2v) is 9.79. The van der Waals surface area contributed by atoms with E-state index in [1.807, 2.05) is 6.07 Å². The van der Waals surface area contributed by atoms with Gasteiger partial charge >= 0.3 is 0 Å². The Balaban J connectivity index is 1.34. The molecule has 154 valence electrons. The van der Waals surface area contributed by atoms with Gasteiger partial charge in [-0.3, -0.25) is 0 Å². The van der Waals surface area contributed by atoms with E-state index >= 15 is 0 Å². The first kappa shape index (κ1) is 19.2. The number of aromatic nitrogens is 2. The molecule has 1 saturated carbocycles. The van der Waals surface area contributed by atoms with Crippen molar-refractivity contribution in [2.75, 3.05) is 13.1 Å². The van der Waals surface area contributed by atoms with E-state index in [1.165, 1.54) is 49.2 Å². The summed E-state index contributed by atoms with van der Waals surface area (Å²) >= 11 is 1.72. The maximum absolute atomic E-state index is 9.87. The Labute approximate surface area is 175 Å². The Morgan fingerprint density at radius 3 is 2.76 bits per heavy atom. The third kappa shape index (κ3) is 3.74. The highest BCUT2D eigenvalue weighted by molar-refractivity contribution is 7.19. The van der Waals surface area contributed by atoms with Crippen molar-refractivity contribution in [3.63, 3.8) is 0 Å². The average molecular weight is 413 g/mol. The molecule has 29 heavy (non-hydrogen) atoms. The van der Waals surface area contributed by atoms with Gasteiger partial charge in [-0.2, -0.15) is 5.26 Å². The molecule has 0 radical (unpaired) electrons. The molecule has 0 spiro atoms. The van der Waals surface area contributed by atoms with E-state index in [1.54, 1.807) is 17.7 Å². The number of ether oxygens (including phenoxy) is 1. The zero-order valence-corrected chi connectivity index (χ0v) is 17.5. The second-order valence-electron chi connectivity index (χ2n) is 8.71. The molecular weight excluding hydrogens is 384 g/mol. The Morgan fingerprint density at radius 2 is 2.00 bits per heavy atom. The van der Waals surface area contributed by atoms with Crippen LogP contribution in [0.25, 0.3) is 10.2 Å². The number of aliphatic hydroxyl groups excluding tert-OH is 1. The van der Waals surface area contributed by atoms with Crippen LogP contribution in [0, 0.1) is 11.3 Å². The van der Waals surface area contributed by atoms with Crippen molar-refractivity contribution in [2.24, 2.45) is 0 Å². The van der Waals surface area contributed by atoms with Crippen LogP contribution in [0.4, 0.5) is 0 Å². The zero-order chi connectivity index (χ0) is 19.8. The number of hydrogen-bond acceptors (Lipinski definition) is 7. The van der Waals surface area contributed by atoms with Crippen LogP contribution >= 0.6 is 11.3 Å². The molecule has 6 nitrogen and oxygen atoms in total. The fraction of sp³-hybridized carbons (Fsp3) is 0.682. The molecule has 3 heterocycles. The molecule has 3 aliphatic rings. The minimum atomic E-state index is -0.921. The van der Waals surface area contributed by atoms with Gasteiger partial charge in [0.15, 0.2) is 0 Å². The predicted octanol–water partition coefficient (Wildman–Crippen LogP) is 3.78. The summed E-state index contributed by atoms with van der Waals surface area (Å²) < 4.78 is 6.45. The normalized spacial score (nSPS) is 28.3. The number of rotatable bonds is 5. The summed E-state index contributed by atoms with van der Waals surface area (Å²) in [6.45, 7) is 2.53. The molecule has 2 aliphatic carbocycles. The summed E-state index contributed by atoms with van der Waals surface area (Å²) in [7, 11) is 0. The van der Waals surface area contributed by atoms with Crippen LogP contribution in [0.5, 0.6) is 5.88 Å². The number of fused-ring (bicyclic) bond motifs is 3. The van der Waals surface area contributed by atoms with Gasteiger partial charge in [-0.25, -0.2) is 9.97 Å². The number of thiophene rings is 1. The molecule has 2 atom stereocenters. The Hall–Kier alpha value is -1.75. The molecule has 0 bridgehead atoms. The molecule has 1 N–H and O–H groups in total. The monoisotopic (exact) mass is 412 g/mol. The fourth-order valence-electron chi connectivity index (χ4n) is 5.48. The van der Waals surface area contributed by atoms with Crippen molar-refractivity contribution >= 4 is 21.6 Å². The standard InChI is InChI=1S/C22H28N4O2S/c23-12-16(27)11-14-3-8-18-19(14)20-21(24-13-25-22(20)29-18)28-17-6-4-15(5-7-17)26-9-1-2-10-26/h13-17,27H,1-11H2/t14-,15?,16?,17?/m1/s1. The molecule has 2 fully saturated rings. The number of nitrogens with zero attached hydrogens (tertiary/aromatic N) is 4.